The normalized spacial score (nSPS) is 27.4. The zero-order valence-electron chi connectivity index (χ0n) is 12.8. The van der Waals surface area contributed by atoms with Crippen molar-refractivity contribution in [3.63, 3.8) is 0 Å². The van der Waals surface area contributed by atoms with E-state index >= 15 is 0 Å². The second-order valence-electron chi connectivity index (χ2n) is 5.59. The van der Waals surface area contributed by atoms with Crippen LogP contribution in [0.15, 0.2) is 12.2 Å². The van der Waals surface area contributed by atoms with Gasteiger partial charge in [-0.05, 0) is 39.0 Å². The number of ether oxygens (including phenoxy) is 3. The molecule has 1 fully saturated rings. The maximum absolute atomic E-state index is 6.01. The Balaban J connectivity index is 2.16. The Morgan fingerprint density at radius 3 is 2.47 bits per heavy atom. The molecular formula is C16H30O3. The van der Waals surface area contributed by atoms with Crippen molar-refractivity contribution in [1.29, 1.82) is 0 Å². The fourth-order valence-corrected chi connectivity index (χ4v) is 2.70. The molecule has 0 aromatic carbocycles. The fraction of sp³-hybridized carbons (Fsp3) is 0.875. The lowest BCUT2D eigenvalue weighted by Crippen LogP contribution is -2.32. The smallest absolute Gasteiger partial charge is 0.0704 e. The van der Waals surface area contributed by atoms with E-state index in [0.717, 1.165) is 18.9 Å². The van der Waals surface area contributed by atoms with Gasteiger partial charge in [0, 0.05) is 12.5 Å². The molecule has 0 aromatic rings. The molecule has 112 valence electrons. The van der Waals surface area contributed by atoms with Crippen molar-refractivity contribution in [3.8, 4) is 0 Å². The van der Waals surface area contributed by atoms with Crippen molar-refractivity contribution in [1.82, 2.24) is 0 Å². The minimum Gasteiger partial charge on any atom is -0.379 e. The van der Waals surface area contributed by atoms with Crippen LogP contribution in [0.5, 0.6) is 0 Å². The molecule has 0 N–H and O–H groups in total. The zero-order valence-corrected chi connectivity index (χ0v) is 12.8. The molecule has 0 radical (unpaired) electrons. The van der Waals surface area contributed by atoms with Gasteiger partial charge >= 0.3 is 0 Å². The lowest BCUT2D eigenvalue weighted by molar-refractivity contribution is -0.0444. The molecule has 1 saturated carbocycles. The highest BCUT2D eigenvalue weighted by atomic mass is 16.5. The summed E-state index contributed by atoms with van der Waals surface area (Å²) in [7, 11) is 0. The van der Waals surface area contributed by atoms with Gasteiger partial charge in [0.1, 0.15) is 0 Å². The third kappa shape index (κ3) is 6.55. The Labute approximate surface area is 118 Å². The van der Waals surface area contributed by atoms with Crippen LogP contribution in [-0.2, 0) is 14.2 Å². The largest absolute Gasteiger partial charge is 0.379 e. The maximum Gasteiger partial charge on any atom is 0.0704 e. The van der Waals surface area contributed by atoms with Gasteiger partial charge in [-0.1, -0.05) is 19.1 Å². The summed E-state index contributed by atoms with van der Waals surface area (Å²) in [6, 6.07) is 0. The van der Waals surface area contributed by atoms with Crippen molar-refractivity contribution in [2.24, 2.45) is 11.8 Å². The minimum absolute atomic E-state index is 0.330. The van der Waals surface area contributed by atoms with Crippen molar-refractivity contribution in [2.75, 3.05) is 33.0 Å². The molecule has 0 amide bonds. The molecule has 3 unspecified atom stereocenters. The van der Waals surface area contributed by atoms with E-state index in [1.807, 2.05) is 6.92 Å². The van der Waals surface area contributed by atoms with Crippen LogP contribution in [0.4, 0.5) is 0 Å². The summed E-state index contributed by atoms with van der Waals surface area (Å²) >= 11 is 0. The van der Waals surface area contributed by atoms with Gasteiger partial charge in [-0.2, -0.15) is 0 Å². The van der Waals surface area contributed by atoms with E-state index in [0.29, 0.717) is 38.4 Å². The Kier molecular flexibility index (Phi) is 8.35. The molecule has 1 aliphatic carbocycles. The molecule has 3 heteroatoms. The van der Waals surface area contributed by atoms with E-state index in [-0.39, 0.29) is 0 Å². The fourth-order valence-electron chi connectivity index (χ4n) is 2.70. The van der Waals surface area contributed by atoms with Crippen LogP contribution >= 0.6 is 0 Å². The third-order valence-electron chi connectivity index (χ3n) is 3.82. The minimum atomic E-state index is 0.330. The van der Waals surface area contributed by atoms with Gasteiger partial charge in [0.15, 0.2) is 0 Å². The lowest BCUT2D eigenvalue weighted by Gasteiger charge is -2.35. The van der Waals surface area contributed by atoms with Gasteiger partial charge < -0.3 is 14.2 Å². The van der Waals surface area contributed by atoms with Gasteiger partial charge in [0.05, 0.1) is 32.5 Å². The first-order valence-electron chi connectivity index (χ1n) is 7.57. The second kappa shape index (κ2) is 9.51. The highest BCUT2D eigenvalue weighted by Gasteiger charge is 2.29. The Morgan fingerprint density at radius 2 is 1.79 bits per heavy atom. The van der Waals surface area contributed by atoms with Crippen LogP contribution in [0.2, 0.25) is 0 Å². The molecule has 19 heavy (non-hydrogen) atoms. The van der Waals surface area contributed by atoms with E-state index in [2.05, 4.69) is 20.4 Å². The van der Waals surface area contributed by atoms with Crippen molar-refractivity contribution >= 4 is 0 Å². The number of hydrogen-bond donors (Lipinski definition) is 0. The molecule has 1 rings (SSSR count). The molecule has 0 bridgehead atoms. The molecule has 0 saturated heterocycles. The van der Waals surface area contributed by atoms with E-state index in [1.165, 1.54) is 18.4 Å². The van der Waals surface area contributed by atoms with Crippen molar-refractivity contribution < 1.29 is 14.2 Å². The quantitative estimate of drug-likeness (QED) is 0.474. The molecule has 1 aliphatic rings. The predicted octanol–water partition coefficient (Wildman–Crippen LogP) is 3.44. The van der Waals surface area contributed by atoms with Gasteiger partial charge in [0.2, 0.25) is 0 Å². The van der Waals surface area contributed by atoms with E-state index in [4.69, 9.17) is 14.2 Å². The first kappa shape index (κ1) is 16.7. The van der Waals surface area contributed by atoms with E-state index in [1.54, 1.807) is 0 Å². The summed E-state index contributed by atoms with van der Waals surface area (Å²) in [5.74, 6) is 1.29. The summed E-state index contributed by atoms with van der Waals surface area (Å²) in [4.78, 5) is 0. The lowest BCUT2D eigenvalue weighted by atomic mass is 9.78. The van der Waals surface area contributed by atoms with Gasteiger partial charge in [-0.25, -0.2) is 0 Å². The average molecular weight is 270 g/mol. The summed E-state index contributed by atoms with van der Waals surface area (Å²) in [6.07, 6.45) is 3.99. The highest BCUT2D eigenvalue weighted by molar-refractivity contribution is 5.02. The molecule has 3 atom stereocenters. The monoisotopic (exact) mass is 270 g/mol. The summed E-state index contributed by atoms with van der Waals surface area (Å²) < 4.78 is 16.7. The van der Waals surface area contributed by atoms with Crippen molar-refractivity contribution in [3.05, 3.63) is 12.2 Å². The summed E-state index contributed by atoms with van der Waals surface area (Å²) in [5, 5.41) is 0. The second-order valence-corrected chi connectivity index (χ2v) is 5.59. The van der Waals surface area contributed by atoms with Crippen LogP contribution in [0, 0.1) is 11.8 Å². The standard InChI is InChI=1S/C16H30O3/c1-5-17-8-9-18-10-11-19-16-12-14(4)6-7-15(16)13(2)3/h14-16H,2,5-12H2,1,3-4H3. The summed E-state index contributed by atoms with van der Waals surface area (Å²) in [5.41, 5.74) is 1.26. The number of hydrogen-bond acceptors (Lipinski definition) is 3. The molecule has 3 nitrogen and oxygen atoms in total. The third-order valence-corrected chi connectivity index (χ3v) is 3.82. The molecule has 0 spiro atoms. The van der Waals surface area contributed by atoms with Gasteiger partial charge in [-0.15, -0.1) is 0 Å². The Morgan fingerprint density at radius 1 is 1.11 bits per heavy atom. The van der Waals surface area contributed by atoms with Crippen molar-refractivity contribution in [2.45, 2.75) is 46.1 Å². The predicted molar refractivity (Wildman–Crippen MR) is 78.4 cm³/mol. The van der Waals surface area contributed by atoms with E-state index in [9.17, 15) is 0 Å². The first-order chi connectivity index (χ1) is 9.15. The van der Waals surface area contributed by atoms with Crippen LogP contribution in [0.3, 0.4) is 0 Å². The summed E-state index contributed by atoms with van der Waals surface area (Å²) in [6.45, 7) is 13.9. The van der Waals surface area contributed by atoms with Crippen LogP contribution < -0.4 is 0 Å². The Bertz CT molecular complexity index is 252. The Hall–Kier alpha value is -0.380. The topological polar surface area (TPSA) is 27.7 Å². The molecule has 0 aliphatic heterocycles. The SMILES string of the molecule is C=C(C)C1CCC(C)CC1OCCOCCOCC. The molecule has 0 heterocycles. The zero-order chi connectivity index (χ0) is 14.1. The van der Waals surface area contributed by atoms with Crippen LogP contribution in [-0.4, -0.2) is 39.1 Å². The van der Waals surface area contributed by atoms with Gasteiger partial charge in [0.25, 0.3) is 0 Å². The first-order valence-corrected chi connectivity index (χ1v) is 7.57. The van der Waals surface area contributed by atoms with Crippen LogP contribution in [0.1, 0.15) is 40.0 Å². The number of rotatable bonds is 9. The van der Waals surface area contributed by atoms with E-state index < -0.39 is 0 Å². The van der Waals surface area contributed by atoms with Crippen LogP contribution in [0.25, 0.3) is 0 Å². The average Bonchev–Trinajstić information content (AvgIpc) is 2.37. The highest BCUT2D eigenvalue weighted by Crippen LogP contribution is 2.34. The maximum atomic E-state index is 6.01. The van der Waals surface area contributed by atoms with Gasteiger partial charge in [-0.3, -0.25) is 0 Å². The molecular weight excluding hydrogens is 240 g/mol. The molecule has 0 aromatic heterocycles.